The van der Waals surface area contributed by atoms with Crippen LogP contribution in [0.1, 0.15) is 12.5 Å². The average molecular weight is 456 g/mol. The Labute approximate surface area is 187 Å². The second-order valence-corrected chi connectivity index (χ2v) is 9.70. The molecule has 6 nitrogen and oxygen atoms in total. The Bertz CT molecular complexity index is 1220. The Balaban J connectivity index is 1.35. The van der Waals surface area contributed by atoms with Gasteiger partial charge in [0.25, 0.3) is 0 Å². The Morgan fingerprint density at radius 3 is 2.38 bits per heavy atom. The molecule has 1 aliphatic heterocycles. The molecule has 0 radical (unpaired) electrons. The number of amides is 1. The minimum atomic E-state index is -4.13. The summed E-state index contributed by atoms with van der Waals surface area (Å²) in [6.45, 7) is 4.69. The number of benzene rings is 3. The van der Waals surface area contributed by atoms with Crippen LogP contribution in [0.3, 0.4) is 0 Å². The minimum Gasteiger partial charge on any atom is -0.339 e. The number of fused-ring (bicyclic) bond motifs is 1. The average Bonchev–Trinajstić information content (AvgIpc) is 2.79. The maximum absolute atomic E-state index is 13.9. The molecule has 3 aromatic carbocycles. The predicted molar refractivity (Wildman–Crippen MR) is 122 cm³/mol. The van der Waals surface area contributed by atoms with E-state index in [1.54, 1.807) is 4.90 Å². The SMILES string of the molecule is C[C@H](NS(=O)(=O)c1ccccc1F)C(=O)N1CCN(Cc2cccc3ccccc23)CC1. The normalized spacial score (nSPS) is 16.2. The van der Waals surface area contributed by atoms with Crippen molar-refractivity contribution in [3.63, 3.8) is 0 Å². The highest BCUT2D eigenvalue weighted by Crippen LogP contribution is 2.21. The molecule has 168 valence electrons. The molecular formula is C24H26FN3O3S. The van der Waals surface area contributed by atoms with Gasteiger partial charge in [-0.2, -0.15) is 4.72 Å². The van der Waals surface area contributed by atoms with E-state index in [2.05, 4.69) is 40.0 Å². The molecule has 1 amide bonds. The Kier molecular flexibility index (Phi) is 6.55. The van der Waals surface area contributed by atoms with Crippen molar-refractivity contribution in [2.24, 2.45) is 0 Å². The van der Waals surface area contributed by atoms with Gasteiger partial charge in [-0.05, 0) is 35.4 Å². The molecule has 1 atom stereocenters. The van der Waals surface area contributed by atoms with Crippen molar-refractivity contribution in [2.45, 2.75) is 24.4 Å². The topological polar surface area (TPSA) is 69.7 Å². The lowest BCUT2D eigenvalue weighted by atomic mass is 10.0. The number of halogens is 1. The van der Waals surface area contributed by atoms with E-state index in [1.165, 1.54) is 41.5 Å². The molecular weight excluding hydrogens is 429 g/mol. The van der Waals surface area contributed by atoms with Crippen LogP contribution in [0.5, 0.6) is 0 Å². The maximum atomic E-state index is 13.9. The van der Waals surface area contributed by atoms with Gasteiger partial charge >= 0.3 is 0 Å². The molecule has 0 aromatic heterocycles. The zero-order valence-corrected chi connectivity index (χ0v) is 18.7. The Morgan fingerprint density at radius 2 is 1.62 bits per heavy atom. The van der Waals surface area contributed by atoms with Gasteiger partial charge in [-0.25, -0.2) is 12.8 Å². The molecule has 0 unspecified atom stereocenters. The molecule has 1 heterocycles. The molecule has 1 N–H and O–H groups in total. The van der Waals surface area contributed by atoms with Crippen LogP contribution < -0.4 is 4.72 Å². The van der Waals surface area contributed by atoms with E-state index in [0.717, 1.165) is 12.6 Å². The van der Waals surface area contributed by atoms with Gasteiger partial charge in [0.15, 0.2) is 0 Å². The summed E-state index contributed by atoms with van der Waals surface area (Å²) in [4.78, 5) is 16.3. The van der Waals surface area contributed by atoms with Gasteiger partial charge in [0, 0.05) is 32.7 Å². The molecule has 4 rings (SSSR count). The number of carbonyl (C=O) groups excluding carboxylic acids is 1. The quantitative estimate of drug-likeness (QED) is 0.621. The summed E-state index contributed by atoms with van der Waals surface area (Å²) >= 11 is 0. The second kappa shape index (κ2) is 9.36. The highest BCUT2D eigenvalue weighted by atomic mass is 32.2. The third kappa shape index (κ3) is 4.82. The number of sulfonamides is 1. The fourth-order valence-corrected chi connectivity index (χ4v) is 5.36. The van der Waals surface area contributed by atoms with Crippen LogP contribution >= 0.6 is 0 Å². The number of hydrogen-bond acceptors (Lipinski definition) is 4. The third-order valence-corrected chi connectivity index (χ3v) is 7.36. The zero-order chi connectivity index (χ0) is 22.7. The van der Waals surface area contributed by atoms with E-state index < -0.39 is 26.8 Å². The molecule has 3 aromatic rings. The van der Waals surface area contributed by atoms with Gasteiger partial charge in [-0.15, -0.1) is 0 Å². The van der Waals surface area contributed by atoms with Gasteiger partial charge in [-0.3, -0.25) is 9.69 Å². The summed E-state index contributed by atoms with van der Waals surface area (Å²) in [5.41, 5.74) is 1.24. The summed E-state index contributed by atoms with van der Waals surface area (Å²) in [6, 6.07) is 18.7. The molecule has 8 heteroatoms. The zero-order valence-electron chi connectivity index (χ0n) is 17.9. The molecule has 1 saturated heterocycles. The second-order valence-electron chi connectivity index (χ2n) is 8.01. The van der Waals surface area contributed by atoms with Crippen LogP contribution in [-0.2, 0) is 21.4 Å². The van der Waals surface area contributed by atoms with Gasteiger partial charge < -0.3 is 4.90 Å². The Morgan fingerprint density at radius 1 is 0.969 bits per heavy atom. The number of rotatable bonds is 6. The van der Waals surface area contributed by atoms with Gasteiger partial charge in [0.1, 0.15) is 10.7 Å². The first-order chi connectivity index (χ1) is 15.3. The molecule has 0 aliphatic carbocycles. The van der Waals surface area contributed by atoms with Crippen LogP contribution in [0.4, 0.5) is 4.39 Å². The standard InChI is InChI=1S/C24H26FN3O3S/c1-18(26-32(30,31)23-12-5-4-11-22(23)25)24(29)28-15-13-27(14-16-28)17-20-9-6-8-19-7-2-3-10-21(19)20/h2-12,18,26H,13-17H2,1H3/t18-/m0/s1. The number of hydrogen-bond donors (Lipinski definition) is 1. The van der Waals surface area contributed by atoms with Crippen LogP contribution in [-0.4, -0.2) is 56.3 Å². The van der Waals surface area contributed by atoms with E-state index in [1.807, 2.05) is 12.1 Å². The smallest absolute Gasteiger partial charge is 0.244 e. The molecule has 1 fully saturated rings. The lowest BCUT2D eigenvalue weighted by Crippen LogP contribution is -2.53. The summed E-state index contributed by atoms with van der Waals surface area (Å²) in [6.07, 6.45) is 0. The summed E-state index contributed by atoms with van der Waals surface area (Å²) in [5, 5.41) is 2.43. The van der Waals surface area contributed by atoms with Crippen LogP contribution in [0, 0.1) is 5.82 Å². The maximum Gasteiger partial charge on any atom is 0.244 e. The van der Waals surface area contributed by atoms with E-state index in [4.69, 9.17) is 0 Å². The van der Waals surface area contributed by atoms with E-state index >= 15 is 0 Å². The Hall–Kier alpha value is -2.81. The monoisotopic (exact) mass is 455 g/mol. The lowest BCUT2D eigenvalue weighted by Gasteiger charge is -2.36. The minimum absolute atomic E-state index is 0.310. The van der Waals surface area contributed by atoms with E-state index in [-0.39, 0.29) is 5.91 Å². The van der Waals surface area contributed by atoms with Crippen LogP contribution in [0.2, 0.25) is 0 Å². The van der Waals surface area contributed by atoms with Gasteiger partial charge in [0.2, 0.25) is 15.9 Å². The molecule has 1 aliphatic rings. The van der Waals surface area contributed by atoms with Crippen molar-refractivity contribution in [3.8, 4) is 0 Å². The molecule has 32 heavy (non-hydrogen) atoms. The molecule has 0 spiro atoms. The highest BCUT2D eigenvalue weighted by Gasteiger charge is 2.29. The highest BCUT2D eigenvalue weighted by molar-refractivity contribution is 7.89. The largest absolute Gasteiger partial charge is 0.339 e. The lowest BCUT2D eigenvalue weighted by molar-refractivity contribution is -0.134. The van der Waals surface area contributed by atoms with Crippen LogP contribution in [0.15, 0.2) is 71.6 Å². The summed E-state index contributed by atoms with van der Waals surface area (Å²) in [5.74, 6) is -1.16. The van der Waals surface area contributed by atoms with Crippen molar-refractivity contribution in [1.82, 2.24) is 14.5 Å². The van der Waals surface area contributed by atoms with Crippen molar-refractivity contribution in [3.05, 3.63) is 78.1 Å². The fraction of sp³-hybridized carbons (Fsp3) is 0.292. The van der Waals surface area contributed by atoms with Gasteiger partial charge in [0.05, 0.1) is 6.04 Å². The summed E-state index contributed by atoms with van der Waals surface area (Å²) < 4.78 is 41.2. The summed E-state index contributed by atoms with van der Waals surface area (Å²) in [7, 11) is -4.13. The molecule has 0 bridgehead atoms. The van der Waals surface area contributed by atoms with Crippen LogP contribution in [0.25, 0.3) is 10.8 Å². The number of piperazine rings is 1. The van der Waals surface area contributed by atoms with Crippen molar-refractivity contribution in [1.29, 1.82) is 0 Å². The first kappa shape index (κ1) is 22.4. The fourth-order valence-electron chi connectivity index (χ4n) is 4.08. The molecule has 0 saturated carbocycles. The number of nitrogens with one attached hydrogen (secondary N) is 1. The van der Waals surface area contributed by atoms with E-state index in [9.17, 15) is 17.6 Å². The first-order valence-electron chi connectivity index (χ1n) is 10.6. The van der Waals surface area contributed by atoms with Gasteiger partial charge in [-0.1, -0.05) is 54.6 Å². The van der Waals surface area contributed by atoms with Crippen molar-refractivity contribution < 1.29 is 17.6 Å². The van der Waals surface area contributed by atoms with Crippen molar-refractivity contribution in [2.75, 3.05) is 26.2 Å². The number of carbonyl (C=O) groups is 1. The third-order valence-electron chi connectivity index (χ3n) is 5.79. The predicted octanol–water partition coefficient (Wildman–Crippen LogP) is 2.99. The van der Waals surface area contributed by atoms with Crippen molar-refractivity contribution >= 4 is 26.7 Å². The first-order valence-corrected chi connectivity index (χ1v) is 12.1. The number of nitrogens with zero attached hydrogens (tertiary/aromatic N) is 2. The van der Waals surface area contributed by atoms with E-state index in [0.29, 0.717) is 26.2 Å².